The molecule has 0 aliphatic rings. The Balaban J connectivity index is 7.05. The molecular weight excluding hydrogens is 1070 g/mol. The number of aliphatic hydroxyl groups excluding tert-OH is 3. The van der Waals surface area contributed by atoms with Gasteiger partial charge < -0.3 is 119 Å². The van der Waals surface area contributed by atoms with Crippen molar-refractivity contribution in [2.45, 2.75) is 151 Å². The van der Waals surface area contributed by atoms with Crippen molar-refractivity contribution >= 4 is 73.0 Å². The van der Waals surface area contributed by atoms with E-state index in [0.717, 1.165) is 6.92 Å². The lowest BCUT2D eigenvalue weighted by molar-refractivity contribution is -0.143. The molecule has 0 bridgehead atoms. The number of hydrogen-bond donors (Lipinski definition) is 22. The summed E-state index contributed by atoms with van der Waals surface area (Å²) in [6.45, 7) is -1.53. The quantitative estimate of drug-likeness (QED) is 0.0117. The largest absolute Gasteiger partial charge is 0.480 e. The molecule has 36 heteroatoms. The molecule has 0 aliphatic carbocycles. The number of nitrogens with one attached hydrogen (secondary N) is 8. The Morgan fingerprint density at radius 2 is 0.797 bits per heavy atom. The van der Waals surface area contributed by atoms with Gasteiger partial charge in [0.25, 0.3) is 0 Å². The van der Waals surface area contributed by atoms with Gasteiger partial charge in [0.05, 0.1) is 25.9 Å². The van der Waals surface area contributed by atoms with Crippen LogP contribution in [0, 0.1) is 0 Å². The first kappa shape index (κ1) is 72.6. The zero-order valence-corrected chi connectivity index (χ0v) is 45.2. The SMILES string of the molecule is C[C@@H](O)[C@H](NC(=O)[C@H](CCCN=C(N)N)NC(=O)[C@H](CCCCN)NC(=O)[C@H](CCCCN)NC(=O)[C@@H](N)CO)C(=O)N[C@@H](CCCCN)C(=O)N[C@@H](CCCN=C(N)N)C(=O)N[C@@H](COP(=O)(O)O)C(=O)N[C@@H](CO)C(=O)O. The summed E-state index contributed by atoms with van der Waals surface area (Å²) in [5.41, 5.74) is 44.4. The minimum Gasteiger partial charge on any atom is -0.480 e. The number of carbonyl (C=O) groups excluding carboxylic acids is 8. The van der Waals surface area contributed by atoms with Gasteiger partial charge in [-0.1, -0.05) is 0 Å². The van der Waals surface area contributed by atoms with Crippen LogP contribution in [0.3, 0.4) is 0 Å². The molecule has 0 saturated heterocycles. The molecule has 35 nitrogen and oxygen atoms in total. The summed E-state index contributed by atoms with van der Waals surface area (Å²) in [6, 6.07) is -14.6. The predicted octanol–water partition coefficient (Wildman–Crippen LogP) is -9.75. The smallest absolute Gasteiger partial charge is 0.469 e. The average Bonchev–Trinajstić information content (AvgIpc) is 3.37. The number of carboxylic acid groups (broad SMARTS) is 1. The van der Waals surface area contributed by atoms with Gasteiger partial charge in [0.1, 0.15) is 54.4 Å². The van der Waals surface area contributed by atoms with Crippen molar-refractivity contribution in [1.29, 1.82) is 0 Å². The molecule has 30 N–H and O–H groups in total. The van der Waals surface area contributed by atoms with E-state index >= 15 is 0 Å². The van der Waals surface area contributed by atoms with E-state index in [1.807, 2.05) is 5.32 Å². The van der Waals surface area contributed by atoms with Crippen molar-refractivity contribution in [2.75, 3.05) is 52.5 Å². The second-order valence-corrected chi connectivity index (χ2v) is 19.2. The molecule has 10 atom stereocenters. The lowest BCUT2D eigenvalue weighted by Gasteiger charge is -2.29. The fourth-order valence-electron chi connectivity index (χ4n) is 7.01. The average molecular weight is 1160 g/mol. The number of phosphoric acid groups is 1. The number of hydrogen-bond acceptors (Lipinski definition) is 20. The number of aliphatic imine (C=N–C) groups is 2. The number of rotatable bonds is 43. The lowest BCUT2D eigenvalue weighted by Crippen LogP contribution is -2.62. The highest BCUT2D eigenvalue weighted by Gasteiger charge is 2.36. The topological polar surface area (TPSA) is 630 Å². The van der Waals surface area contributed by atoms with Crippen LogP contribution in [0.25, 0.3) is 0 Å². The third-order valence-corrected chi connectivity index (χ3v) is 11.8. The van der Waals surface area contributed by atoms with Crippen molar-refractivity contribution in [3.05, 3.63) is 0 Å². The molecule has 0 aromatic rings. The number of nitrogens with zero attached hydrogens (tertiary/aromatic N) is 2. The van der Waals surface area contributed by atoms with Gasteiger partial charge in [0, 0.05) is 13.1 Å². The summed E-state index contributed by atoms with van der Waals surface area (Å²) in [5.74, 6) is -10.8. The minimum absolute atomic E-state index is 0.0133. The van der Waals surface area contributed by atoms with Crippen LogP contribution in [-0.2, 0) is 52.2 Å². The fraction of sp³-hybridized carbons (Fsp3) is 0.744. The van der Waals surface area contributed by atoms with E-state index in [1.54, 1.807) is 0 Å². The van der Waals surface area contributed by atoms with E-state index in [1.165, 1.54) is 0 Å². The van der Waals surface area contributed by atoms with Gasteiger partial charge in [-0.05, 0) is 110 Å². The monoisotopic (exact) mass is 1160 g/mol. The molecule has 454 valence electrons. The molecule has 79 heavy (non-hydrogen) atoms. The number of carboxylic acids is 1. The second kappa shape index (κ2) is 39.9. The first-order valence-corrected chi connectivity index (χ1v) is 26.9. The van der Waals surface area contributed by atoms with Crippen LogP contribution in [0.5, 0.6) is 0 Å². The Morgan fingerprint density at radius 3 is 1.11 bits per heavy atom. The first-order valence-electron chi connectivity index (χ1n) is 25.4. The Labute approximate surface area is 456 Å². The van der Waals surface area contributed by atoms with Crippen LogP contribution in [-0.4, -0.2) is 208 Å². The number of amides is 8. The van der Waals surface area contributed by atoms with E-state index in [2.05, 4.69) is 51.7 Å². The van der Waals surface area contributed by atoms with Gasteiger partial charge >= 0.3 is 13.8 Å². The van der Waals surface area contributed by atoms with Crippen LogP contribution in [0.15, 0.2) is 9.98 Å². The number of phosphoric ester groups is 1. The third-order valence-electron chi connectivity index (χ3n) is 11.3. The Bertz CT molecular complexity index is 2050. The maximum atomic E-state index is 14.2. The van der Waals surface area contributed by atoms with Gasteiger partial charge in [-0.15, -0.1) is 0 Å². The maximum absolute atomic E-state index is 14.2. The first-order chi connectivity index (χ1) is 37.2. The highest BCUT2D eigenvalue weighted by atomic mass is 31.2. The van der Waals surface area contributed by atoms with Crippen LogP contribution < -0.4 is 88.4 Å². The molecule has 0 aliphatic heterocycles. The molecule has 0 unspecified atom stereocenters. The Kier molecular flexibility index (Phi) is 36.6. The van der Waals surface area contributed by atoms with E-state index in [9.17, 15) is 77.9 Å². The van der Waals surface area contributed by atoms with Crippen molar-refractivity contribution in [3.8, 4) is 0 Å². The highest BCUT2D eigenvalue weighted by molar-refractivity contribution is 7.46. The molecule has 0 heterocycles. The molecule has 0 aromatic heterocycles. The van der Waals surface area contributed by atoms with Gasteiger partial charge in [0.2, 0.25) is 47.3 Å². The van der Waals surface area contributed by atoms with Crippen LogP contribution >= 0.6 is 7.82 Å². The van der Waals surface area contributed by atoms with Crippen molar-refractivity contribution in [2.24, 2.45) is 55.9 Å². The zero-order valence-electron chi connectivity index (χ0n) is 44.3. The molecule has 0 fully saturated rings. The summed E-state index contributed by atoms with van der Waals surface area (Å²) in [4.78, 5) is 148. The van der Waals surface area contributed by atoms with Gasteiger partial charge in [-0.2, -0.15) is 0 Å². The van der Waals surface area contributed by atoms with Gasteiger partial charge in [-0.3, -0.25) is 52.9 Å². The number of aliphatic carboxylic acids is 1. The third kappa shape index (κ3) is 31.7. The lowest BCUT2D eigenvalue weighted by atomic mass is 10.0. The van der Waals surface area contributed by atoms with E-state index in [4.69, 9.17) is 45.9 Å². The number of unbranched alkanes of at least 4 members (excludes halogenated alkanes) is 3. The number of carbonyl (C=O) groups is 9. The second-order valence-electron chi connectivity index (χ2n) is 18.0. The normalized spacial score (nSPS) is 15.1. The number of guanidine groups is 2. The van der Waals surface area contributed by atoms with Crippen LogP contribution in [0.1, 0.15) is 90.4 Å². The summed E-state index contributed by atoms with van der Waals surface area (Å²) in [7, 11) is -5.32. The standard InChI is InChI=1S/C43H85N18O17P/c1-23(64)32(61-38(70)29(14-9-19-53-43(50)51)57-35(67)26(11-3-6-16-45)55-34(66)25(10-2-5-15-44)54-33(65)24(47)20-62)40(72)58-27(12-4-7-17-46)36(68)56-28(13-8-18-52-42(48)49)37(69)60-31(22-78-79(75,76)77)39(71)59-30(21-63)41(73)74/h23-32,62-64H,2-22,44-47H2,1H3,(H,54,65)(H,55,66)(H,56,68)(H,57,67)(H,58,72)(H,59,71)(H,60,69)(H,61,70)(H,73,74)(H4,48,49,52)(H4,50,51,53)(H2,75,76,77)/t23-,24+,25+,26+,27+,28+,29+,30+,31+,32+/m1/s1. The molecule has 8 amide bonds. The fourth-order valence-corrected chi connectivity index (χ4v) is 7.36. The van der Waals surface area contributed by atoms with Crippen molar-refractivity contribution in [1.82, 2.24) is 42.5 Å². The van der Waals surface area contributed by atoms with Gasteiger partial charge in [0.15, 0.2) is 11.9 Å². The summed E-state index contributed by atoms with van der Waals surface area (Å²) in [5, 5.41) is 57.9. The molecule has 0 radical (unpaired) electrons. The molecule has 0 spiro atoms. The van der Waals surface area contributed by atoms with Crippen LogP contribution in [0.4, 0.5) is 0 Å². The number of nitrogens with two attached hydrogens (primary N) is 8. The van der Waals surface area contributed by atoms with Gasteiger partial charge in [-0.25, -0.2) is 9.36 Å². The summed E-state index contributed by atoms with van der Waals surface area (Å²) in [6.07, 6.45) is -0.313. The van der Waals surface area contributed by atoms with Crippen LogP contribution in [0.2, 0.25) is 0 Å². The van der Waals surface area contributed by atoms with E-state index in [0.29, 0.717) is 32.1 Å². The molecular formula is C43H85N18O17P. The summed E-state index contributed by atoms with van der Waals surface area (Å²) >= 11 is 0. The Hall–Kier alpha value is -6.40. The van der Waals surface area contributed by atoms with Crippen molar-refractivity contribution < 1.29 is 82.5 Å². The van der Waals surface area contributed by atoms with E-state index in [-0.39, 0.29) is 96.0 Å². The predicted molar refractivity (Wildman–Crippen MR) is 283 cm³/mol. The summed E-state index contributed by atoms with van der Waals surface area (Å²) < 4.78 is 16.0. The molecule has 0 aromatic carbocycles. The minimum atomic E-state index is -5.32. The van der Waals surface area contributed by atoms with Crippen molar-refractivity contribution in [3.63, 3.8) is 0 Å². The van der Waals surface area contributed by atoms with E-state index < -0.39 is 141 Å². The number of aliphatic hydroxyl groups is 3. The molecule has 0 saturated carbocycles. The molecule has 0 rings (SSSR count). The zero-order chi connectivity index (χ0) is 60.3. The Morgan fingerprint density at radius 1 is 0.481 bits per heavy atom. The maximum Gasteiger partial charge on any atom is 0.469 e. The highest BCUT2D eigenvalue weighted by Crippen LogP contribution is 2.35.